The van der Waals surface area contributed by atoms with Crippen molar-refractivity contribution in [3.05, 3.63) is 114 Å². The van der Waals surface area contributed by atoms with Gasteiger partial charge in [-0.2, -0.15) is 35.6 Å². The predicted octanol–water partition coefficient (Wildman–Crippen LogP) is 9.94. The molecule has 0 unspecified atom stereocenters. The molecular formula is C28H30Cl2HfS-4. The molecule has 0 aliphatic rings. The van der Waals surface area contributed by atoms with E-state index in [4.69, 9.17) is 17.2 Å². The summed E-state index contributed by atoms with van der Waals surface area (Å²) in [5.74, 6) is 0. The Balaban J connectivity index is 0.000000227. The van der Waals surface area contributed by atoms with E-state index in [0.29, 0.717) is 0 Å². The normalized spacial score (nSPS) is 9.16. The van der Waals surface area contributed by atoms with Crippen molar-refractivity contribution in [1.29, 1.82) is 0 Å². The summed E-state index contributed by atoms with van der Waals surface area (Å²) in [6.07, 6.45) is 2.28. The minimum Gasteiger partial charge on any atom is -0.214 e. The summed E-state index contributed by atoms with van der Waals surface area (Å²) in [7, 11) is 10.3. The Bertz CT molecular complexity index is 1020. The van der Waals surface area contributed by atoms with Gasteiger partial charge >= 0.3 is 40.0 Å². The van der Waals surface area contributed by atoms with Crippen LogP contribution in [0.3, 0.4) is 0 Å². The molecule has 0 bridgehead atoms. The number of rotatable bonds is 1. The van der Waals surface area contributed by atoms with Crippen molar-refractivity contribution in [3.8, 4) is 0 Å². The molecule has 0 saturated carbocycles. The number of benzene rings is 2. The van der Waals surface area contributed by atoms with Crippen LogP contribution in [0.5, 0.6) is 0 Å². The summed E-state index contributed by atoms with van der Waals surface area (Å²) in [6, 6.07) is 33.3. The second-order valence-electron chi connectivity index (χ2n) is 6.64. The van der Waals surface area contributed by atoms with E-state index in [1.54, 1.807) is 11.3 Å². The number of unbranched alkanes of at least 4 members (excludes halogenated alkanes) is 1. The molecule has 32 heavy (non-hydrogen) atoms. The van der Waals surface area contributed by atoms with Gasteiger partial charge < -0.3 is 18.3 Å². The molecule has 0 spiro atoms. The van der Waals surface area contributed by atoms with Crippen molar-refractivity contribution in [2.45, 2.75) is 26.7 Å². The Morgan fingerprint density at radius 2 is 1.41 bits per heavy atom. The number of halogens is 2. The summed E-state index contributed by atoms with van der Waals surface area (Å²) in [6.45, 7) is 7.79. The van der Waals surface area contributed by atoms with Gasteiger partial charge in [-0.1, -0.05) is 56.7 Å². The molecule has 0 radical (unpaired) electrons. The number of hydrogen-bond acceptors (Lipinski definition) is 1. The van der Waals surface area contributed by atoms with E-state index in [0.717, 1.165) is 6.42 Å². The summed E-state index contributed by atoms with van der Waals surface area (Å²) >= 11 is -0.310. The van der Waals surface area contributed by atoms with Crippen LogP contribution < -0.4 is 0 Å². The molecule has 5 aromatic rings. The maximum Gasteiger partial charge on any atom is -0.0771 e. The molecule has 1 aromatic heterocycles. The van der Waals surface area contributed by atoms with Gasteiger partial charge in [0.1, 0.15) is 0 Å². The van der Waals surface area contributed by atoms with Crippen LogP contribution in [0.2, 0.25) is 0 Å². The summed E-state index contributed by atoms with van der Waals surface area (Å²) < 4.78 is 3.38. The first-order valence-electron chi connectivity index (χ1n) is 10.4. The van der Waals surface area contributed by atoms with E-state index in [1.807, 2.05) is 42.5 Å². The Kier molecular flexibility index (Phi) is 16.3. The second-order valence-corrected chi connectivity index (χ2v) is 19.2. The predicted molar refractivity (Wildman–Crippen MR) is 146 cm³/mol. The third-order valence-corrected chi connectivity index (χ3v) is 4.75. The van der Waals surface area contributed by atoms with Crippen LogP contribution in [-0.2, 0) is 18.6 Å². The van der Waals surface area contributed by atoms with E-state index < -0.39 is 18.6 Å². The summed E-state index contributed by atoms with van der Waals surface area (Å²) in [5, 5.41) is 8.36. The van der Waals surface area contributed by atoms with Gasteiger partial charge in [-0.25, -0.2) is 18.2 Å². The van der Waals surface area contributed by atoms with Crippen molar-refractivity contribution in [2.24, 2.45) is 0 Å². The molecule has 170 valence electrons. The monoisotopic (exact) mass is 648 g/mol. The molecule has 0 aliphatic heterocycles. The maximum absolute atomic E-state index is 5.14. The Labute approximate surface area is 212 Å². The average molecular weight is 648 g/mol. The molecule has 0 saturated heterocycles. The van der Waals surface area contributed by atoms with Crippen molar-refractivity contribution in [2.75, 3.05) is 0 Å². The second kappa shape index (κ2) is 18.1. The summed E-state index contributed by atoms with van der Waals surface area (Å²) in [4.78, 5) is 1.33. The van der Waals surface area contributed by atoms with Gasteiger partial charge in [0.05, 0.1) is 0 Å². The molecule has 4 aromatic carbocycles. The molecule has 0 amide bonds. The van der Waals surface area contributed by atoms with E-state index in [9.17, 15) is 0 Å². The van der Waals surface area contributed by atoms with Crippen LogP contribution in [0.4, 0.5) is 0 Å². The Morgan fingerprint density at radius 1 is 0.938 bits per heavy atom. The molecule has 0 aliphatic carbocycles. The maximum atomic E-state index is 5.14. The van der Waals surface area contributed by atoms with Crippen LogP contribution >= 0.6 is 28.5 Å². The third kappa shape index (κ3) is 12.6. The zero-order valence-electron chi connectivity index (χ0n) is 18.7. The van der Waals surface area contributed by atoms with Gasteiger partial charge in [-0.15, -0.1) is 45.1 Å². The van der Waals surface area contributed by atoms with Crippen LogP contribution in [0.1, 0.15) is 24.6 Å². The van der Waals surface area contributed by atoms with E-state index in [2.05, 4.69) is 85.0 Å². The molecular weight excluding hydrogens is 618 g/mol. The van der Waals surface area contributed by atoms with Gasteiger partial charge in [0.15, 0.2) is 0 Å². The third-order valence-electron chi connectivity index (χ3n) is 4.04. The van der Waals surface area contributed by atoms with Crippen molar-refractivity contribution < 1.29 is 18.6 Å². The zero-order valence-corrected chi connectivity index (χ0v) is 24.7. The SMILES string of the molecule is Cc1cc[c-]s1.[CH2-]CCC.[CH2]=[Hf]([Cl])[Cl].c1cc[cH-]c1.c1ccc2c(c1)[cH-]c1ccccc12. The van der Waals surface area contributed by atoms with E-state index in [-0.39, 0.29) is 0 Å². The van der Waals surface area contributed by atoms with Crippen LogP contribution in [0.25, 0.3) is 21.5 Å². The minimum absolute atomic E-state index is 1.07. The Hall–Kier alpha value is -1.32. The topological polar surface area (TPSA) is 0 Å². The molecule has 4 heteroatoms. The number of hydrogen-bond donors (Lipinski definition) is 0. The molecule has 0 atom stereocenters. The fourth-order valence-electron chi connectivity index (χ4n) is 2.54. The Morgan fingerprint density at radius 3 is 1.69 bits per heavy atom. The number of thiophene rings is 1. The van der Waals surface area contributed by atoms with Crippen LogP contribution in [0.15, 0.2) is 97.1 Å². The van der Waals surface area contributed by atoms with Gasteiger partial charge in [-0.3, -0.25) is 0 Å². The van der Waals surface area contributed by atoms with Gasteiger partial charge in [0.25, 0.3) is 0 Å². The summed E-state index contributed by atoms with van der Waals surface area (Å²) in [5.41, 5.74) is 0. The molecule has 5 rings (SSSR count). The van der Waals surface area contributed by atoms with E-state index in [1.165, 1.54) is 32.8 Å². The minimum atomic E-state index is -1.96. The average Bonchev–Trinajstić information content (AvgIpc) is 3.56. The molecule has 0 nitrogen and oxygen atoms in total. The molecule has 0 N–H and O–H groups in total. The largest absolute Gasteiger partial charge is 0.214 e. The first-order chi connectivity index (χ1) is 15.5. The first kappa shape index (κ1) is 28.7. The molecule has 0 fully saturated rings. The van der Waals surface area contributed by atoms with Crippen LogP contribution in [0, 0.1) is 19.2 Å². The van der Waals surface area contributed by atoms with Crippen LogP contribution in [-0.4, -0.2) is 4.26 Å². The number of aryl methyl sites for hydroxylation is 1. The molecule has 1 heterocycles. The quantitative estimate of drug-likeness (QED) is 0.126. The van der Waals surface area contributed by atoms with Crippen molar-refractivity contribution >= 4 is 54.3 Å². The van der Waals surface area contributed by atoms with Gasteiger partial charge in [-0.05, 0) is 0 Å². The first-order valence-corrected chi connectivity index (χ1v) is 22.7. The van der Waals surface area contributed by atoms with Crippen molar-refractivity contribution in [1.82, 2.24) is 0 Å². The standard InChI is InChI=1S/C13H9.C5H5S.C5H5.C4H9.CH2.2ClH.Hf/c1-3-7-12-10(5-1)9-11-6-2-4-8-13(11)12;1-5-3-2-4-6-5;1-2-4-5-3-1;1-3-4-2;;;;/h1-9H;2-3H,1H3;1-5H;1,3-4H2,2H3;1H2;2*1H;/q4*-1;;;;+2/p-2. The van der Waals surface area contributed by atoms with Crippen molar-refractivity contribution in [3.63, 3.8) is 0 Å². The number of fused-ring (bicyclic) bond motifs is 3. The van der Waals surface area contributed by atoms with E-state index >= 15 is 0 Å². The van der Waals surface area contributed by atoms with Gasteiger partial charge in [0, 0.05) is 0 Å². The van der Waals surface area contributed by atoms with Gasteiger partial charge in [0.2, 0.25) is 0 Å². The fourth-order valence-corrected chi connectivity index (χ4v) is 3.00. The smallest absolute Gasteiger partial charge is 0.0771 e. The fraction of sp³-hybridized carbons (Fsp3) is 0.143. The zero-order chi connectivity index (χ0) is 23.6.